The molecule has 0 unspecified atom stereocenters. The molecule has 23 heavy (non-hydrogen) atoms. The van der Waals surface area contributed by atoms with E-state index in [9.17, 15) is 0 Å². The maximum atomic E-state index is 5.93. The third kappa shape index (κ3) is 4.58. The van der Waals surface area contributed by atoms with Gasteiger partial charge < -0.3 is 16.8 Å². The minimum Gasteiger partial charge on any atom is -0.383 e. The Morgan fingerprint density at radius 3 is 1.65 bits per heavy atom. The quantitative estimate of drug-likeness (QED) is 0.627. The second-order valence-electron chi connectivity index (χ2n) is 4.98. The fourth-order valence-electron chi connectivity index (χ4n) is 1.98. The second-order valence-corrected chi connectivity index (χ2v) is 4.98. The molecule has 0 bridgehead atoms. The summed E-state index contributed by atoms with van der Waals surface area (Å²) in [5.41, 5.74) is 13.5. The summed E-state index contributed by atoms with van der Waals surface area (Å²) in [5.74, 6) is 2.26. The zero-order valence-corrected chi connectivity index (χ0v) is 13.0. The van der Waals surface area contributed by atoms with Gasteiger partial charge in [-0.3, -0.25) is 0 Å². The van der Waals surface area contributed by atoms with Crippen LogP contribution in [0.5, 0.6) is 0 Å². The Bertz CT molecular complexity index is 637. The summed E-state index contributed by atoms with van der Waals surface area (Å²) in [5, 5.41) is 3.24. The topological polar surface area (TPSA) is 116 Å². The summed E-state index contributed by atoms with van der Waals surface area (Å²) in [6, 6.07) is 0. The van der Waals surface area contributed by atoms with E-state index in [0.29, 0.717) is 49.2 Å². The van der Waals surface area contributed by atoms with Crippen molar-refractivity contribution in [2.75, 3.05) is 11.5 Å². The van der Waals surface area contributed by atoms with E-state index >= 15 is 0 Å². The molecule has 2 aromatic rings. The lowest BCUT2D eigenvalue weighted by molar-refractivity contribution is 0.685. The van der Waals surface area contributed by atoms with E-state index in [-0.39, 0.29) is 0 Å². The van der Waals surface area contributed by atoms with Crippen molar-refractivity contribution in [3.05, 3.63) is 60.5 Å². The molecule has 0 fully saturated rings. The number of aromatic nitrogens is 4. The van der Waals surface area contributed by atoms with Crippen molar-refractivity contribution in [3.63, 3.8) is 0 Å². The highest BCUT2D eigenvalue weighted by Crippen LogP contribution is 2.10. The van der Waals surface area contributed by atoms with E-state index in [4.69, 9.17) is 11.5 Å². The van der Waals surface area contributed by atoms with Crippen LogP contribution in [0.25, 0.3) is 0 Å². The van der Waals surface area contributed by atoms with Gasteiger partial charge >= 0.3 is 0 Å². The van der Waals surface area contributed by atoms with Crippen LogP contribution in [0.2, 0.25) is 0 Å². The van der Waals surface area contributed by atoms with Gasteiger partial charge in [0, 0.05) is 49.5 Å². The summed E-state index contributed by atoms with van der Waals surface area (Å²) < 4.78 is 0. The summed E-state index contributed by atoms with van der Waals surface area (Å²) in [6.07, 6.45) is 8.13. The van der Waals surface area contributed by atoms with E-state index < -0.39 is 0 Å². The Morgan fingerprint density at radius 2 is 1.30 bits per heavy atom. The largest absolute Gasteiger partial charge is 0.383 e. The minimum absolute atomic E-state index is 0.468. The number of hydrogen-bond acceptors (Lipinski definition) is 7. The Balaban J connectivity index is 1.94. The molecule has 2 heterocycles. The average Bonchev–Trinajstić information content (AvgIpc) is 2.52. The molecule has 0 radical (unpaired) electrons. The molecule has 0 aliphatic heterocycles. The number of nitrogen functional groups attached to an aromatic ring is 2. The summed E-state index contributed by atoms with van der Waals surface area (Å²) >= 11 is 0. The van der Waals surface area contributed by atoms with Crippen LogP contribution in [-0.4, -0.2) is 19.9 Å². The first-order chi connectivity index (χ1) is 11.1. The smallest absolute Gasteiger partial charge is 0.134 e. The number of rotatable bonds is 8. The molecule has 5 N–H and O–H groups in total. The van der Waals surface area contributed by atoms with Crippen LogP contribution in [0.3, 0.4) is 0 Å². The number of nitrogens with two attached hydrogens (primary N) is 2. The second kappa shape index (κ2) is 8.00. The van der Waals surface area contributed by atoms with Gasteiger partial charge in [0.05, 0.1) is 0 Å². The van der Waals surface area contributed by atoms with Crippen molar-refractivity contribution in [1.29, 1.82) is 0 Å². The van der Waals surface area contributed by atoms with Gasteiger partial charge in [-0.1, -0.05) is 12.2 Å². The van der Waals surface area contributed by atoms with Gasteiger partial charge in [0.15, 0.2) is 0 Å². The maximum absolute atomic E-state index is 5.93. The molecule has 0 aliphatic rings. The zero-order valence-electron chi connectivity index (χ0n) is 13.0. The standard InChI is InChI=1S/C16H21N7/c1-3-5-13-20-9-11(15(17)22-13)7-19-8-12-10-21-14(6-4-2)23-16(12)18/h3-4,9-10,19H,1-2,5-8H2,(H2,17,20,22)(H2,18,21,23). The molecule has 7 heteroatoms. The number of anilines is 2. The van der Waals surface area contributed by atoms with Gasteiger partial charge in [-0.2, -0.15) is 0 Å². The number of hydrogen-bond donors (Lipinski definition) is 3. The van der Waals surface area contributed by atoms with E-state index in [1.165, 1.54) is 0 Å². The van der Waals surface area contributed by atoms with Crippen molar-refractivity contribution >= 4 is 11.6 Å². The van der Waals surface area contributed by atoms with E-state index in [1.54, 1.807) is 24.5 Å². The fourth-order valence-corrected chi connectivity index (χ4v) is 1.98. The van der Waals surface area contributed by atoms with Gasteiger partial charge in [0.25, 0.3) is 0 Å². The highest BCUT2D eigenvalue weighted by Gasteiger charge is 2.06. The monoisotopic (exact) mass is 311 g/mol. The highest BCUT2D eigenvalue weighted by atomic mass is 15.0. The molecule has 0 amide bonds. The maximum Gasteiger partial charge on any atom is 0.134 e. The van der Waals surface area contributed by atoms with Crippen LogP contribution >= 0.6 is 0 Å². The predicted octanol–water partition coefficient (Wildman–Crippen LogP) is 1.18. The van der Waals surface area contributed by atoms with Gasteiger partial charge in [-0.05, 0) is 0 Å². The molecule has 0 aromatic carbocycles. The Kier molecular flexibility index (Phi) is 5.76. The van der Waals surface area contributed by atoms with Gasteiger partial charge in [0.1, 0.15) is 23.3 Å². The highest BCUT2D eigenvalue weighted by molar-refractivity contribution is 5.39. The Hall–Kier alpha value is -2.80. The van der Waals surface area contributed by atoms with Crippen LogP contribution in [0, 0.1) is 0 Å². The first-order valence-corrected chi connectivity index (χ1v) is 7.27. The summed E-state index contributed by atoms with van der Waals surface area (Å²) in [6.45, 7) is 8.38. The van der Waals surface area contributed by atoms with Crippen molar-refractivity contribution in [3.8, 4) is 0 Å². The molecule has 0 spiro atoms. The third-order valence-electron chi connectivity index (χ3n) is 3.18. The van der Waals surface area contributed by atoms with Gasteiger partial charge in [-0.15, -0.1) is 13.2 Å². The number of allylic oxidation sites excluding steroid dienone is 2. The minimum atomic E-state index is 0.468. The van der Waals surface area contributed by atoms with Crippen LogP contribution in [0.1, 0.15) is 22.8 Å². The third-order valence-corrected chi connectivity index (χ3v) is 3.18. The molecular weight excluding hydrogens is 290 g/mol. The van der Waals surface area contributed by atoms with Crippen molar-refractivity contribution in [2.45, 2.75) is 25.9 Å². The molecule has 0 atom stereocenters. The first kappa shape index (κ1) is 16.6. The predicted molar refractivity (Wildman–Crippen MR) is 91.2 cm³/mol. The molecule has 7 nitrogen and oxygen atoms in total. The van der Waals surface area contributed by atoms with Crippen LogP contribution in [-0.2, 0) is 25.9 Å². The molecule has 120 valence electrons. The van der Waals surface area contributed by atoms with Crippen LogP contribution in [0.15, 0.2) is 37.7 Å². The van der Waals surface area contributed by atoms with E-state index in [0.717, 1.165) is 11.1 Å². The molecule has 2 rings (SSSR count). The first-order valence-electron chi connectivity index (χ1n) is 7.27. The summed E-state index contributed by atoms with van der Waals surface area (Å²) in [7, 11) is 0. The SMILES string of the molecule is C=CCc1ncc(CNCc2cnc(CC=C)nc2N)c(N)n1. The van der Waals surface area contributed by atoms with Gasteiger partial charge in [0.2, 0.25) is 0 Å². The number of nitrogens with one attached hydrogen (secondary N) is 1. The molecule has 0 aliphatic carbocycles. The van der Waals surface area contributed by atoms with E-state index in [2.05, 4.69) is 38.4 Å². The van der Waals surface area contributed by atoms with Crippen molar-refractivity contribution in [2.24, 2.45) is 0 Å². The molecule has 2 aromatic heterocycles. The van der Waals surface area contributed by atoms with Gasteiger partial charge in [-0.25, -0.2) is 19.9 Å². The molecule has 0 saturated heterocycles. The normalized spacial score (nSPS) is 10.4. The van der Waals surface area contributed by atoms with Crippen LogP contribution in [0.4, 0.5) is 11.6 Å². The summed E-state index contributed by atoms with van der Waals surface area (Å²) in [4.78, 5) is 17.0. The Morgan fingerprint density at radius 1 is 0.870 bits per heavy atom. The van der Waals surface area contributed by atoms with Crippen molar-refractivity contribution < 1.29 is 0 Å². The van der Waals surface area contributed by atoms with Crippen molar-refractivity contribution in [1.82, 2.24) is 25.3 Å². The zero-order chi connectivity index (χ0) is 16.7. The number of nitrogens with zero attached hydrogens (tertiary/aromatic N) is 4. The molecular formula is C16H21N7. The molecule has 0 saturated carbocycles. The average molecular weight is 311 g/mol. The lowest BCUT2D eigenvalue weighted by atomic mass is 10.2. The fraction of sp³-hybridized carbons (Fsp3) is 0.250. The van der Waals surface area contributed by atoms with Crippen LogP contribution < -0.4 is 16.8 Å². The Labute approximate surface area is 135 Å². The lowest BCUT2D eigenvalue weighted by Gasteiger charge is -2.09. The van der Waals surface area contributed by atoms with E-state index in [1.807, 2.05) is 0 Å². The lowest BCUT2D eigenvalue weighted by Crippen LogP contribution is -2.17.